The summed E-state index contributed by atoms with van der Waals surface area (Å²) in [6, 6.07) is 5.40. The number of fused-ring (bicyclic) bond motifs is 1. The average molecular weight is 362 g/mol. The molecule has 0 spiro atoms. The molecule has 1 atom stereocenters. The second-order valence-electron chi connectivity index (χ2n) is 6.63. The second-order valence-corrected chi connectivity index (χ2v) is 7.03. The molecule has 1 N–H and O–H groups in total. The Bertz CT molecular complexity index is 852. The Balaban J connectivity index is 1.51. The van der Waals surface area contributed by atoms with Crippen molar-refractivity contribution in [3.05, 3.63) is 50.7 Å². The van der Waals surface area contributed by atoms with Gasteiger partial charge in [-0.3, -0.25) is 9.69 Å². The van der Waals surface area contributed by atoms with Gasteiger partial charge in [0.2, 0.25) is 6.79 Å². The van der Waals surface area contributed by atoms with Gasteiger partial charge in [-0.25, -0.2) is 4.98 Å². The van der Waals surface area contributed by atoms with Gasteiger partial charge in [-0.2, -0.15) is 0 Å². The Kier molecular flexibility index (Phi) is 4.39. The van der Waals surface area contributed by atoms with E-state index in [1.807, 2.05) is 19.1 Å². The number of nitrogens with zero attached hydrogens (tertiary/aromatic N) is 2. The van der Waals surface area contributed by atoms with Gasteiger partial charge in [0.05, 0.1) is 5.69 Å². The van der Waals surface area contributed by atoms with Gasteiger partial charge < -0.3 is 14.5 Å². The van der Waals surface area contributed by atoms with Crippen LogP contribution >= 0.6 is 11.6 Å². The van der Waals surface area contributed by atoms with E-state index in [1.54, 1.807) is 6.07 Å². The first kappa shape index (κ1) is 16.4. The lowest BCUT2D eigenvalue weighted by Gasteiger charge is -2.32. The third-order valence-electron chi connectivity index (χ3n) is 4.74. The van der Waals surface area contributed by atoms with Crippen molar-refractivity contribution < 1.29 is 9.47 Å². The minimum absolute atomic E-state index is 0.0848. The Hall–Kier alpha value is -2.05. The molecule has 1 aromatic heterocycles. The van der Waals surface area contributed by atoms with E-state index < -0.39 is 0 Å². The zero-order valence-electron chi connectivity index (χ0n) is 14.0. The quantitative estimate of drug-likeness (QED) is 0.910. The number of piperidine rings is 1. The molecule has 1 aromatic carbocycles. The summed E-state index contributed by atoms with van der Waals surface area (Å²) in [5, 5.41) is 0.691. The highest BCUT2D eigenvalue weighted by Crippen LogP contribution is 2.37. The predicted molar refractivity (Wildman–Crippen MR) is 94.4 cm³/mol. The van der Waals surface area contributed by atoms with Crippen LogP contribution < -0.4 is 15.0 Å². The standard InChI is InChI=1S/C18H20ClN3O3/c1-11-20-15(7-18(23)21-11)12-3-2-4-22(8-12)9-13-5-16-17(6-14(13)19)25-10-24-16/h5-7,12H,2-4,8-10H2,1H3,(H,20,21,23). The highest BCUT2D eigenvalue weighted by molar-refractivity contribution is 6.31. The molecule has 0 bridgehead atoms. The van der Waals surface area contributed by atoms with Gasteiger partial charge >= 0.3 is 0 Å². The average Bonchev–Trinajstić information content (AvgIpc) is 3.01. The van der Waals surface area contributed by atoms with Gasteiger partial charge in [0.1, 0.15) is 5.82 Å². The van der Waals surface area contributed by atoms with Gasteiger partial charge in [0, 0.05) is 36.2 Å². The zero-order chi connectivity index (χ0) is 17.4. The van der Waals surface area contributed by atoms with Crippen molar-refractivity contribution in [3.63, 3.8) is 0 Å². The highest BCUT2D eigenvalue weighted by atomic mass is 35.5. The lowest BCUT2D eigenvalue weighted by Crippen LogP contribution is -2.34. The summed E-state index contributed by atoms with van der Waals surface area (Å²) in [5.74, 6) is 2.38. The van der Waals surface area contributed by atoms with Crippen LogP contribution in [0.25, 0.3) is 0 Å². The first-order valence-electron chi connectivity index (χ1n) is 8.47. The van der Waals surface area contributed by atoms with Crippen molar-refractivity contribution >= 4 is 11.6 Å². The summed E-state index contributed by atoms with van der Waals surface area (Å²) in [7, 11) is 0. The maximum Gasteiger partial charge on any atom is 0.251 e. The van der Waals surface area contributed by atoms with E-state index in [4.69, 9.17) is 21.1 Å². The molecule has 0 amide bonds. The van der Waals surface area contributed by atoms with Gasteiger partial charge in [0.15, 0.2) is 11.5 Å². The van der Waals surface area contributed by atoms with Gasteiger partial charge in [-0.15, -0.1) is 0 Å². The fourth-order valence-corrected chi connectivity index (χ4v) is 3.79. The Morgan fingerprint density at radius 2 is 2.12 bits per heavy atom. The zero-order valence-corrected chi connectivity index (χ0v) is 14.8. The van der Waals surface area contributed by atoms with Crippen LogP contribution in [0.5, 0.6) is 11.5 Å². The number of ether oxygens (including phenoxy) is 2. The summed E-state index contributed by atoms with van der Waals surface area (Å²) in [4.78, 5) is 21.3. The Morgan fingerprint density at radius 1 is 1.32 bits per heavy atom. The minimum atomic E-state index is -0.0848. The molecule has 0 aliphatic carbocycles. The van der Waals surface area contributed by atoms with E-state index >= 15 is 0 Å². The number of rotatable bonds is 3. The third kappa shape index (κ3) is 3.50. The molecule has 132 valence electrons. The molecule has 1 fully saturated rings. The molecule has 7 heteroatoms. The molecular weight excluding hydrogens is 342 g/mol. The minimum Gasteiger partial charge on any atom is -0.454 e. The maximum absolute atomic E-state index is 11.7. The molecule has 1 saturated heterocycles. The van der Waals surface area contributed by atoms with Crippen LogP contribution in [0.2, 0.25) is 5.02 Å². The van der Waals surface area contributed by atoms with Crippen LogP contribution in [0.15, 0.2) is 23.0 Å². The number of hydrogen-bond acceptors (Lipinski definition) is 5. The van der Waals surface area contributed by atoms with E-state index in [9.17, 15) is 4.79 Å². The predicted octanol–water partition coefficient (Wildman–Crippen LogP) is 2.84. The fourth-order valence-electron chi connectivity index (χ4n) is 3.57. The largest absolute Gasteiger partial charge is 0.454 e. The van der Waals surface area contributed by atoms with Crippen LogP contribution in [0.1, 0.15) is 35.8 Å². The summed E-state index contributed by atoms with van der Waals surface area (Å²) >= 11 is 6.40. The van der Waals surface area contributed by atoms with Gasteiger partial charge in [-0.05, 0) is 37.9 Å². The molecular formula is C18H20ClN3O3. The van der Waals surface area contributed by atoms with Crippen LogP contribution in [-0.4, -0.2) is 34.8 Å². The molecule has 1 unspecified atom stereocenters. The lowest BCUT2D eigenvalue weighted by atomic mass is 9.94. The number of aromatic nitrogens is 2. The number of halogens is 1. The van der Waals surface area contributed by atoms with Crippen molar-refractivity contribution in [1.29, 1.82) is 0 Å². The number of H-pyrrole nitrogens is 1. The fraction of sp³-hybridized carbons (Fsp3) is 0.444. The van der Waals surface area contributed by atoms with Crippen LogP contribution in [-0.2, 0) is 6.54 Å². The molecule has 25 heavy (non-hydrogen) atoms. The second kappa shape index (κ2) is 6.69. The number of aromatic amines is 1. The number of benzene rings is 1. The van der Waals surface area contributed by atoms with Crippen LogP contribution in [0.3, 0.4) is 0 Å². The van der Waals surface area contributed by atoms with Crippen molar-refractivity contribution in [3.8, 4) is 11.5 Å². The summed E-state index contributed by atoms with van der Waals surface area (Å²) in [6.45, 7) is 4.67. The first-order chi connectivity index (χ1) is 12.1. The molecule has 2 aromatic rings. The van der Waals surface area contributed by atoms with E-state index in [0.717, 1.165) is 49.5 Å². The molecule has 0 radical (unpaired) electrons. The van der Waals surface area contributed by atoms with E-state index in [2.05, 4.69) is 14.9 Å². The van der Waals surface area contributed by atoms with Gasteiger partial charge in [-0.1, -0.05) is 11.6 Å². The molecule has 2 aliphatic heterocycles. The maximum atomic E-state index is 11.7. The number of likely N-dealkylation sites (tertiary alicyclic amines) is 1. The number of nitrogens with one attached hydrogen (secondary N) is 1. The normalized spacial score (nSPS) is 20.0. The molecule has 6 nitrogen and oxygen atoms in total. The Labute approximate surface area is 150 Å². The summed E-state index contributed by atoms with van der Waals surface area (Å²) in [5.41, 5.74) is 1.82. The number of aryl methyl sites for hydroxylation is 1. The lowest BCUT2D eigenvalue weighted by molar-refractivity contribution is 0.173. The van der Waals surface area contributed by atoms with Gasteiger partial charge in [0.25, 0.3) is 5.56 Å². The molecule has 4 rings (SSSR count). The monoisotopic (exact) mass is 361 g/mol. The topological polar surface area (TPSA) is 67.5 Å². The number of hydrogen-bond donors (Lipinski definition) is 1. The van der Waals surface area contributed by atoms with E-state index in [1.165, 1.54) is 0 Å². The summed E-state index contributed by atoms with van der Waals surface area (Å²) < 4.78 is 10.8. The van der Waals surface area contributed by atoms with Crippen molar-refractivity contribution in [2.24, 2.45) is 0 Å². The van der Waals surface area contributed by atoms with Crippen molar-refractivity contribution in [2.45, 2.75) is 32.2 Å². The summed E-state index contributed by atoms with van der Waals surface area (Å²) in [6.07, 6.45) is 2.11. The van der Waals surface area contributed by atoms with Crippen molar-refractivity contribution in [1.82, 2.24) is 14.9 Å². The third-order valence-corrected chi connectivity index (χ3v) is 5.09. The first-order valence-corrected chi connectivity index (χ1v) is 8.84. The SMILES string of the molecule is Cc1nc(C2CCCN(Cc3cc4c(cc3Cl)OCO4)C2)cc(=O)[nH]1. The van der Waals surface area contributed by atoms with E-state index in [-0.39, 0.29) is 18.3 Å². The smallest absolute Gasteiger partial charge is 0.251 e. The van der Waals surface area contributed by atoms with Crippen molar-refractivity contribution in [2.75, 3.05) is 19.9 Å². The van der Waals surface area contributed by atoms with E-state index in [0.29, 0.717) is 16.6 Å². The van der Waals surface area contributed by atoms with Crippen LogP contribution in [0, 0.1) is 6.92 Å². The Morgan fingerprint density at radius 3 is 2.92 bits per heavy atom. The molecule has 3 heterocycles. The highest BCUT2D eigenvalue weighted by Gasteiger charge is 2.24. The van der Waals surface area contributed by atoms with Crippen LogP contribution in [0.4, 0.5) is 0 Å². The molecule has 0 saturated carbocycles. The molecule has 2 aliphatic rings.